The molecule has 104 valence electrons. The summed E-state index contributed by atoms with van der Waals surface area (Å²) in [5.74, 6) is -0.827. The van der Waals surface area contributed by atoms with Crippen molar-refractivity contribution in [1.82, 2.24) is 14.5 Å². The van der Waals surface area contributed by atoms with Crippen molar-refractivity contribution < 1.29 is 14.7 Å². The predicted octanol–water partition coefficient (Wildman–Crippen LogP) is 1.65. The Kier molecular flexibility index (Phi) is 4.14. The van der Waals surface area contributed by atoms with Crippen LogP contribution in [0.2, 0.25) is 0 Å². The first-order valence-corrected chi connectivity index (χ1v) is 7.16. The van der Waals surface area contributed by atoms with Gasteiger partial charge < -0.3 is 10.0 Å². The van der Waals surface area contributed by atoms with Crippen LogP contribution in [0, 0.1) is 5.41 Å². The maximum atomic E-state index is 12.1. The minimum atomic E-state index is -0.735. The van der Waals surface area contributed by atoms with Crippen molar-refractivity contribution in [1.29, 1.82) is 0 Å². The maximum absolute atomic E-state index is 12.1. The number of likely N-dealkylation sites (tertiary alicyclic amines) is 1. The summed E-state index contributed by atoms with van der Waals surface area (Å²) in [5, 5.41) is 13.1. The number of carbonyl (C=O) groups is 2. The summed E-state index contributed by atoms with van der Waals surface area (Å²) in [6.07, 6.45) is 4.02. The summed E-state index contributed by atoms with van der Waals surface area (Å²) in [5.41, 5.74) is -0.655. The van der Waals surface area contributed by atoms with Gasteiger partial charge in [-0.15, -0.1) is 5.10 Å². The lowest BCUT2D eigenvalue weighted by Gasteiger charge is -2.38. The molecule has 1 aromatic heterocycles. The normalized spacial score (nSPS) is 18.3. The predicted molar refractivity (Wildman–Crippen MR) is 70.0 cm³/mol. The molecule has 0 bridgehead atoms. The quantitative estimate of drug-likeness (QED) is 0.908. The van der Waals surface area contributed by atoms with Gasteiger partial charge in [-0.3, -0.25) is 9.59 Å². The molecule has 1 amide bonds. The molecule has 1 saturated heterocycles. The molecule has 1 aliphatic rings. The Morgan fingerprint density at radius 2 is 2.16 bits per heavy atom. The number of piperidine rings is 1. The monoisotopic (exact) mass is 283 g/mol. The smallest absolute Gasteiger partial charge is 0.309 e. The zero-order valence-corrected chi connectivity index (χ0v) is 11.7. The Labute approximate surface area is 115 Å². The van der Waals surface area contributed by atoms with E-state index in [0.717, 1.165) is 18.0 Å². The van der Waals surface area contributed by atoms with Gasteiger partial charge in [0.05, 0.1) is 11.6 Å². The van der Waals surface area contributed by atoms with Crippen molar-refractivity contribution in [2.24, 2.45) is 5.41 Å². The van der Waals surface area contributed by atoms with Gasteiger partial charge in [-0.25, -0.2) is 0 Å². The highest BCUT2D eigenvalue weighted by Crippen LogP contribution is 2.36. The number of aromatic nitrogens is 2. The standard InChI is InChI=1S/C12H17N3O3S/c1-2-3-12(11(17)18)4-6-15(7-5-12)10(16)9-8-13-14-19-9/h8H,2-7H2,1H3,(H,17,18). The third-order valence-electron chi connectivity index (χ3n) is 3.76. The van der Waals surface area contributed by atoms with E-state index < -0.39 is 11.4 Å². The van der Waals surface area contributed by atoms with Gasteiger partial charge in [-0.1, -0.05) is 17.8 Å². The maximum Gasteiger partial charge on any atom is 0.309 e. The average Bonchev–Trinajstić information content (AvgIpc) is 2.93. The molecule has 0 spiro atoms. The van der Waals surface area contributed by atoms with Crippen molar-refractivity contribution in [2.75, 3.05) is 13.1 Å². The van der Waals surface area contributed by atoms with Crippen LogP contribution in [-0.4, -0.2) is 44.6 Å². The van der Waals surface area contributed by atoms with Crippen LogP contribution in [-0.2, 0) is 4.79 Å². The molecule has 7 heteroatoms. The fourth-order valence-electron chi connectivity index (χ4n) is 2.60. The van der Waals surface area contributed by atoms with Gasteiger partial charge in [0.15, 0.2) is 0 Å². The Morgan fingerprint density at radius 3 is 2.63 bits per heavy atom. The second-order valence-electron chi connectivity index (χ2n) is 4.91. The third-order valence-corrected chi connectivity index (χ3v) is 4.41. The number of carbonyl (C=O) groups excluding carboxylic acids is 1. The van der Waals surface area contributed by atoms with Crippen LogP contribution in [0.4, 0.5) is 0 Å². The second kappa shape index (κ2) is 5.64. The topological polar surface area (TPSA) is 83.4 Å². The van der Waals surface area contributed by atoms with Crippen LogP contribution in [0.5, 0.6) is 0 Å². The zero-order valence-electron chi connectivity index (χ0n) is 10.8. The Balaban J connectivity index is 2.02. The fraction of sp³-hybridized carbons (Fsp3) is 0.667. The van der Waals surface area contributed by atoms with Gasteiger partial charge in [-0.2, -0.15) is 0 Å². The summed E-state index contributed by atoms with van der Waals surface area (Å²) >= 11 is 1.07. The van der Waals surface area contributed by atoms with Crippen LogP contribution in [0.1, 0.15) is 42.3 Å². The molecule has 1 N–H and O–H groups in total. The van der Waals surface area contributed by atoms with Crippen LogP contribution < -0.4 is 0 Å². The lowest BCUT2D eigenvalue weighted by molar-refractivity contribution is -0.152. The van der Waals surface area contributed by atoms with E-state index in [4.69, 9.17) is 0 Å². The number of nitrogens with zero attached hydrogens (tertiary/aromatic N) is 3. The number of rotatable bonds is 4. The number of aliphatic carboxylic acids is 1. The largest absolute Gasteiger partial charge is 0.481 e. The van der Waals surface area contributed by atoms with Gasteiger partial charge in [0.25, 0.3) is 5.91 Å². The molecule has 0 atom stereocenters. The number of hydrogen-bond donors (Lipinski definition) is 1. The summed E-state index contributed by atoms with van der Waals surface area (Å²) in [4.78, 5) is 25.8. The highest BCUT2D eigenvalue weighted by atomic mass is 32.1. The van der Waals surface area contributed by atoms with Crippen molar-refractivity contribution in [2.45, 2.75) is 32.6 Å². The fourth-order valence-corrected chi connectivity index (χ4v) is 3.09. The molecule has 0 aromatic carbocycles. The molecule has 6 nitrogen and oxygen atoms in total. The van der Waals surface area contributed by atoms with Crippen molar-refractivity contribution in [3.63, 3.8) is 0 Å². The summed E-state index contributed by atoms with van der Waals surface area (Å²) in [6, 6.07) is 0. The molecular formula is C12H17N3O3S. The molecule has 1 aromatic rings. The first-order chi connectivity index (χ1) is 9.09. The molecule has 2 rings (SSSR count). The van der Waals surface area contributed by atoms with Crippen molar-refractivity contribution >= 4 is 23.4 Å². The van der Waals surface area contributed by atoms with E-state index in [1.54, 1.807) is 4.90 Å². The zero-order chi connectivity index (χ0) is 13.9. The van der Waals surface area contributed by atoms with E-state index in [1.807, 2.05) is 6.92 Å². The first kappa shape index (κ1) is 13.9. The van der Waals surface area contributed by atoms with E-state index in [0.29, 0.717) is 37.2 Å². The number of amides is 1. The van der Waals surface area contributed by atoms with Crippen LogP contribution in [0.3, 0.4) is 0 Å². The van der Waals surface area contributed by atoms with Gasteiger partial charge in [0.2, 0.25) is 0 Å². The van der Waals surface area contributed by atoms with Crippen LogP contribution in [0.15, 0.2) is 6.20 Å². The van der Waals surface area contributed by atoms with E-state index in [9.17, 15) is 14.7 Å². The average molecular weight is 283 g/mol. The Morgan fingerprint density at radius 1 is 1.47 bits per heavy atom. The van der Waals surface area contributed by atoms with E-state index in [2.05, 4.69) is 9.59 Å². The minimum Gasteiger partial charge on any atom is -0.481 e. The second-order valence-corrected chi connectivity index (χ2v) is 5.70. The van der Waals surface area contributed by atoms with E-state index in [1.165, 1.54) is 6.20 Å². The van der Waals surface area contributed by atoms with E-state index >= 15 is 0 Å². The van der Waals surface area contributed by atoms with Gasteiger partial charge in [0.1, 0.15) is 4.88 Å². The third kappa shape index (κ3) is 2.75. The molecule has 2 heterocycles. The molecule has 0 radical (unpaired) electrons. The Bertz CT molecular complexity index is 453. The van der Waals surface area contributed by atoms with Gasteiger partial charge in [0, 0.05) is 13.1 Å². The highest BCUT2D eigenvalue weighted by Gasteiger charge is 2.41. The summed E-state index contributed by atoms with van der Waals surface area (Å²) < 4.78 is 3.67. The van der Waals surface area contributed by atoms with Crippen LogP contribution in [0.25, 0.3) is 0 Å². The summed E-state index contributed by atoms with van der Waals surface area (Å²) in [7, 11) is 0. The van der Waals surface area contributed by atoms with Crippen molar-refractivity contribution in [3.8, 4) is 0 Å². The molecule has 0 aliphatic carbocycles. The van der Waals surface area contributed by atoms with Gasteiger partial charge >= 0.3 is 5.97 Å². The highest BCUT2D eigenvalue weighted by molar-refractivity contribution is 7.07. The number of hydrogen-bond acceptors (Lipinski definition) is 5. The molecule has 0 saturated carbocycles. The Hall–Kier alpha value is -1.50. The number of carboxylic acid groups (broad SMARTS) is 1. The molecule has 19 heavy (non-hydrogen) atoms. The lowest BCUT2D eigenvalue weighted by atomic mass is 9.75. The van der Waals surface area contributed by atoms with Crippen molar-refractivity contribution in [3.05, 3.63) is 11.1 Å². The molecule has 1 aliphatic heterocycles. The van der Waals surface area contributed by atoms with Crippen LogP contribution >= 0.6 is 11.5 Å². The molecule has 1 fully saturated rings. The minimum absolute atomic E-state index is 0.0921. The SMILES string of the molecule is CCCC1(C(=O)O)CCN(C(=O)c2cnns2)CC1. The summed E-state index contributed by atoms with van der Waals surface area (Å²) in [6.45, 7) is 2.97. The first-order valence-electron chi connectivity index (χ1n) is 6.39. The lowest BCUT2D eigenvalue weighted by Crippen LogP contribution is -2.46. The number of carboxylic acids is 1. The van der Waals surface area contributed by atoms with E-state index in [-0.39, 0.29) is 5.91 Å². The van der Waals surface area contributed by atoms with Gasteiger partial charge in [-0.05, 0) is 30.8 Å². The molecular weight excluding hydrogens is 266 g/mol. The molecule has 0 unspecified atom stereocenters.